The van der Waals surface area contributed by atoms with Crippen LogP contribution < -0.4 is 10.0 Å². The number of rotatable bonds is 6. The molecule has 0 heterocycles. The van der Waals surface area contributed by atoms with Crippen LogP contribution in [0.1, 0.15) is 15.9 Å². The van der Waals surface area contributed by atoms with E-state index in [0.29, 0.717) is 0 Å². The number of benzene rings is 2. The Labute approximate surface area is 144 Å². The first-order valence-electron chi connectivity index (χ1n) is 7.09. The Hall–Kier alpha value is -1.96. The fourth-order valence-electron chi connectivity index (χ4n) is 1.93. The topological polar surface area (TPSA) is 75.3 Å². The molecule has 0 aliphatic heterocycles. The lowest BCUT2D eigenvalue weighted by Crippen LogP contribution is -2.34. The van der Waals surface area contributed by atoms with Crippen molar-refractivity contribution in [1.82, 2.24) is 10.0 Å². The number of sulfonamides is 1. The van der Waals surface area contributed by atoms with Crippen LogP contribution in [0, 0.1) is 12.7 Å². The molecule has 5 nitrogen and oxygen atoms in total. The zero-order chi connectivity index (χ0) is 17.7. The molecule has 0 unspecified atom stereocenters. The molecule has 0 radical (unpaired) electrons. The molecule has 0 aromatic heterocycles. The lowest BCUT2D eigenvalue weighted by atomic mass is 10.2. The number of hydrogen-bond acceptors (Lipinski definition) is 3. The normalized spacial score (nSPS) is 11.3. The van der Waals surface area contributed by atoms with Crippen LogP contribution in [0.15, 0.2) is 47.4 Å². The summed E-state index contributed by atoms with van der Waals surface area (Å²) in [6, 6.07) is 9.85. The third kappa shape index (κ3) is 4.77. The molecule has 0 saturated carbocycles. The summed E-state index contributed by atoms with van der Waals surface area (Å²) in [5.41, 5.74) is 1.08. The van der Waals surface area contributed by atoms with Crippen molar-refractivity contribution in [3.63, 3.8) is 0 Å². The summed E-state index contributed by atoms with van der Waals surface area (Å²) in [6.07, 6.45) is 0. The van der Waals surface area contributed by atoms with Crippen LogP contribution >= 0.6 is 11.6 Å². The highest BCUT2D eigenvalue weighted by molar-refractivity contribution is 7.89. The summed E-state index contributed by atoms with van der Waals surface area (Å²) >= 11 is 5.79. The number of carbonyl (C=O) groups is 1. The first kappa shape index (κ1) is 18.4. The lowest BCUT2D eigenvalue weighted by Gasteiger charge is -2.09. The molecule has 0 fully saturated rings. The smallest absolute Gasteiger partial charge is 0.252 e. The average Bonchev–Trinajstić information content (AvgIpc) is 2.52. The molecule has 24 heavy (non-hydrogen) atoms. The van der Waals surface area contributed by atoms with Gasteiger partial charge in [-0.25, -0.2) is 17.5 Å². The summed E-state index contributed by atoms with van der Waals surface area (Å²) in [6.45, 7) is 1.94. The summed E-state index contributed by atoms with van der Waals surface area (Å²) in [5, 5.41) is 2.51. The van der Waals surface area contributed by atoms with E-state index in [2.05, 4.69) is 10.0 Å². The average molecular weight is 371 g/mol. The lowest BCUT2D eigenvalue weighted by molar-refractivity contribution is 0.0954. The molecule has 128 valence electrons. The van der Waals surface area contributed by atoms with E-state index in [-0.39, 0.29) is 28.6 Å². The van der Waals surface area contributed by atoms with Gasteiger partial charge in [-0.15, -0.1) is 0 Å². The van der Waals surface area contributed by atoms with Gasteiger partial charge in [-0.05, 0) is 37.3 Å². The Bertz CT molecular complexity index is 839. The van der Waals surface area contributed by atoms with Gasteiger partial charge < -0.3 is 5.32 Å². The maximum atomic E-state index is 12.9. The van der Waals surface area contributed by atoms with Gasteiger partial charge in [-0.1, -0.05) is 29.3 Å². The van der Waals surface area contributed by atoms with Gasteiger partial charge >= 0.3 is 0 Å². The van der Waals surface area contributed by atoms with E-state index in [9.17, 15) is 17.6 Å². The number of carbonyl (C=O) groups excluding carboxylic acids is 1. The van der Waals surface area contributed by atoms with E-state index in [4.69, 9.17) is 11.6 Å². The van der Waals surface area contributed by atoms with Crippen molar-refractivity contribution in [2.75, 3.05) is 13.1 Å². The van der Waals surface area contributed by atoms with Crippen molar-refractivity contribution in [3.8, 4) is 0 Å². The van der Waals surface area contributed by atoms with E-state index < -0.39 is 21.7 Å². The first-order chi connectivity index (χ1) is 11.3. The molecule has 2 N–H and O–H groups in total. The maximum Gasteiger partial charge on any atom is 0.252 e. The van der Waals surface area contributed by atoms with Crippen LogP contribution in [-0.2, 0) is 10.0 Å². The van der Waals surface area contributed by atoms with E-state index in [0.717, 1.165) is 17.7 Å². The monoisotopic (exact) mass is 370 g/mol. The van der Waals surface area contributed by atoms with E-state index in [1.165, 1.54) is 18.2 Å². The van der Waals surface area contributed by atoms with Crippen molar-refractivity contribution >= 4 is 27.5 Å². The van der Waals surface area contributed by atoms with Gasteiger partial charge in [0.2, 0.25) is 10.0 Å². The van der Waals surface area contributed by atoms with E-state index >= 15 is 0 Å². The second kappa shape index (κ2) is 7.74. The Morgan fingerprint density at radius 1 is 1.12 bits per heavy atom. The highest BCUT2D eigenvalue weighted by Crippen LogP contribution is 2.16. The molecule has 0 saturated heterocycles. The zero-order valence-electron chi connectivity index (χ0n) is 12.8. The predicted octanol–water partition coefficient (Wildman–Crippen LogP) is 2.50. The third-order valence-electron chi connectivity index (χ3n) is 3.21. The largest absolute Gasteiger partial charge is 0.351 e. The number of amides is 1. The Kier molecular flexibility index (Phi) is 5.93. The van der Waals surface area contributed by atoms with Gasteiger partial charge in [0, 0.05) is 13.1 Å². The molecule has 8 heteroatoms. The Morgan fingerprint density at radius 2 is 1.79 bits per heavy atom. The molecule has 0 aliphatic carbocycles. The second-order valence-electron chi connectivity index (χ2n) is 5.09. The molecule has 0 atom stereocenters. The zero-order valence-corrected chi connectivity index (χ0v) is 14.4. The van der Waals surface area contributed by atoms with Gasteiger partial charge in [0.1, 0.15) is 5.82 Å². The van der Waals surface area contributed by atoms with Crippen LogP contribution in [0.2, 0.25) is 5.02 Å². The Morgan fingerprint density at radius 3 is 2.42 bits per heavy atom. The number of hydrogen-bond donors (Lipinski definition) is 2. The highest BCUT2D eigenvalue weighted by atomic mass is 35.5. The molecular formula is C16H16ClFN2O3S. The fourth-order valence-corrected chi connectivity index (χ4v) is 3.22. The minimum Gasteiger partial charge on any atom is -0.351 e. The van der Waals surface area contributed by atoms with Gasteiger partial charge in [-0.3, -0.25) is 4.79 Å². The second-order valence-corrected chi connectivity index (χ2v) is 7.27. The first-order valence-corrected chi connectivity index (χ1v) is 8.95. The molecule has 2 aromatic carbocycles. The third-order valence-corrected chi connectivity index (χ3v) is 5.00. The molecule has 0 aliphatic rings. The minimum atomic E-state index is -3.63. The number of halogens is 2. The summed E-state index contributed by atoms with van der Waals surface area (Å²) in [5.74, 6) is -1.04. The standard InChI is InChI=1S/C16H16ClFN2O3S/c1-11-2-5-13(6-3-11)24(22,23)20-9-8-19-16(21)14-7-4-12(18)10-15(14)17/h2-7,10,20H,8-9H2,1H3,(H,19,21). The number of aryl methyl sites for hydroxylation is 1. The molecular weight excluding hydrogens is 355 g/mol. The van der Waals surface area contributed by atoms with Crippen LogP contribution in [0.5, 0.6) is 0 Å². The maximum absolute atomic E-state index is 12.9. The molecule has 2 aromatic rings. The molecule has 2 rings (SSSR count). The van der Waals surface area contributed by atoms with Crippen LogP contribution in [-0.4, -0.2) is 27.4 Å². The van der Waals surface area contributed by atoms with Crippen molar-refractivity contribution in [3.05, 3.63) is 64.4 Å². The van der Waals surface area contributed by atoms with Crippen molar-refractivity contribution in [2.24, 2.45) is 0 Å². The van der Waals surface area contributed by atoms with Crippen LogP contribution in [0.25, 0.3) is 0 Å². The fraction of sp³-hybridized carbons (Fsp3) is 0.188. The summed E-state index contributed by atoms with van der Waals surface area (Å²) in [7, 11) is -3.63. The number of nitrogens with one attached hydrogen (secondary N) is 2. The van der Waals surface area contributed by atoms with Gasteiger partial charge in [0.05, 0.1) is 15.5 Å². The van der Waals surface area contributed by atoms with E-state index in [1.807, 2.05) is 6.92 Å². The van der Waals surface area contributed by atoms with Crippen molar-refractivity contribution < 1.29 is 17.6 Å². The molecule has 1 amide bonds. The van der Waals surface area contributed by atoms with Gasteiger partial charge in [0.15, 0.2) is 0 Å². The Balaban J connectivity index is 1.88. The highest BCUT2D eigenvalue weighted by Gasteiger charge is 2.14. The van der Waals surface area contributed by atoms with Gasteiger partial charge in [0.25, 0.3) is 5.91 Å². The summed E-state index contributed by atoms with van der Waals surface area (Å²) in [4.78, 5) is 12.1. The van der Waals surface area contributed by atoms with Gasteiger partial charge in [-0.2, -0.15) is 0 Å². The van der Waals surface area contributed by atoms with E-state index in [1.54, 1.807) is 12.1 Å². The van der Waals surface area contributed by atoms with Crippen molar-refractivity contribution in [1.29, 1.82) is 0 Å². The van der Waals surface area contributed by atoms with Crippen LogP contribution in [0.3, 0.4) is 0 Å². The minimum absolute atomic E-state index is 0.00673. The quantitative estimate of drug-likeness (QED) is 0.767. The molecule has 0 bridgehead atoms. The van der Waals surface area contributed by atoms with Crippen LogP contribution in [0.4, 0.5) is 4.39 Å². The molecule has 0 spiro atoms. The SMILES string of the molecule is Cc1ccc(S(=O)(=O)NCCNC(=O)c2ccc(F)cc2Cl)cc1. The predicted molar refractivity (Wildman–Crippen MR) is 90.1 cm³/mol. The van der Waals surface area contributed by atoms with Crippen molar-refractivity contribution in [2.45, 2.75) is 11.8 Å². The summed E-state index contributed by atoms with van der Waals surface area (Å²) < 4.78 is 39.5.